The van der Waals surface area contributed by atoms with Gasteiger partial charge in [0.25, 0.3) is 0 Å². The van der Waals surface area contributed by atoms with E-state index in [2.05, 4.69) is 49.0 Å². The number of hydrogen-bond acceptors (Lipinski definition) is 1. The van der Waals surface area contributed by atoms with E-state index in [1.807, 2.05) is 55.5 Å². The third-order valence-corrected chi connectivity index (χ3v) is 5.86. The molecule has 0 bridgehead atoms. The molecule has 0 unspecified atom stereocenters. The summed E-state index contributed by atoms with van der Waals surface area (Å²) in [7, 11) is 0. The fourth-order valence-electron chi connectivity index (χ4n) is 3.87. The van der Waals surface area contributed by atoms with Crippen LogP contribution in [0, 0.1) is 12.8 Å². The van der Waals surface area contributed by atoms with Crippen LogP contribution in [0.1, 0.15) is 49.6 Å². The van der Waals surface area contributed by atoms with E-state index in [-0.39, 0.29) is 0 Å². The molecule has 0 spiro atoms. The highest BCUT2D eigenvalue weighted by atomic mass is 19.4. The van der Waals surface area contributed by atoms with Crippen molar-refractivity contribution in [1.82, 2.24) is 4.98 Å². The van der Waals surface area contributed by atoms with Crippen LogP contribution in [0.5, 0.6) is 0 Å². The Balaban J connectivity index is 1.80. The topological polar surface area (TPSA) is 28.1 Å². The zero-order valence-electron chi connectivity index (χ0n) is 21.2. The fourth-order valence-corrected chi connectivity index (χ4v) is 3.87. The Labute approximate surface area is 211 Å². The number of rotatable bonds is 9. The molecular weight excluding hydrogens is 457 g/mol. The summed E-state index contributed by atoms with van der Waals surface area (Å²) in [5.41, 5.74) is 4.60. The second-order valence-corrected chi connectivity index (χ2v) is 9.15. The van der Waals surface area contributed by atoms with Crippen molar-refractivity contribution in [3.8, 4) is 0 Å². The van der Waals surface area contributed by atoms with Crippen LogP contribution in [0.3, 0.4) is 0 Å². The van der Waals surface area contributed by atoms with Gasteiger partial charge in [0.1, 0.15) is 0 Å². The van der Waals surface area contributed by atoms with Crippen molar-refractivity contribution in [2.24, 2.45) is 10.9 Å². The first-order valence-electron chi connectivity index (χ1n) is 12.1. The Hall–Kier alpha value is -3.60. The fraction of sp³-hybridized carbons (Fsp3) is 0.258. The summed E-state index contributed by atoms with van der Waals surface area (Å²) in [6.07, 6.45) is 9.91. The van der Waals surface area contributed by atoms with Crippen molar-refractivity contribution in [3.05, 3.63) is 107 Å². The molecule has 3 aromatic rings. The van der Waals surface area contributed by atoms with Crippen LogP contribution in [-0.2, 0) is 6.18 Å². The van der Waals surface area contributed by atoms with Crippen LogP contribution in [0.2, 0.25) is 0 Å². The number of H-pyrrole nitrogens is 1. The van der Waals surface area contributed by atoms with Gasteiger partial charge >= 0.3 is 6.18 Å². The Morgan fingerprint density at radius 1 is 0.972 bits per heavy atom. The van der Waals surface area contributed by atoms with Crippen molar-refractivity contribution in [1.29, 1.82) is 0 Å². The molecule has 0 aliphatic carbocycles. The number of hydrogen-bond donors (Lipinski definition) is 1. The van der Waals surface area contributed by atoms with Crippen LogP contribution in [-0.4, -0.2) is 17.2 Å². The maximum absolute atomic E-state index is 13.3. The standard InChI is InChI=1S/C31H33F3N2/c1-22(2)19-20-35-23(3)27(25-13-12-14-26(21-25)31(32,33)34)15-8-6-5-7-9-16-28-24(4)36-30-18-11-10-17-29(28)30/h5-18,21-22,36H,19-20H2,1-4H3/b7-5+,8-6+,16-9+,27-15+,35-23?. The number of benzene rings is 2. The molecule has 0 atom stereocenters. The SMILES string of the molecule is CC(=NCCC(C)C)\C(=C/C=C/C=C/C=C/c1c(C)[nH]c2ccccc12)c1cccc(C(F)(F)F)c1. The number of alkyl halides is 3. The van der Waals surface area contributed by atoms with Crippen molar-refractivity contribution in [3.63, 3.8) is 0 Å². The highest BCUT2D eigenvalue weighted by Crippen LogP contribution is 2.31. The van der Waals surface area contributed by atoms with E-state index >= 15 is 0 Å². The largest absolute Gasteiger partial charge is 0.416 e. The summed E-state index contributed by atoms with van der Waals surface area (Å²) in [5.74, 6) is 0.508. The monoisotopic (exact) mass is 490 g/mol. The van der Waals surface area contributed by atoms with E-state index in [0.717, 1.165) is 35.0 Å². The van der Waals surface area contributed by atoms with Gasteiger partial charge in [-0.25, -0.2) is 0 Å². The molecule has 0 aliphatic rings. The van der Waals surface area contributed by atoms with Gasteiger partial charge in [-0.15, -0.1) is 0 Å². The summed E-state index contributed by atoms with van der Waals surface area (Å²) < 4.78 is 39.8. The lowest BCUT2D eigenvalue weighted by Crippen LogP contribution is -2.06. The van der Waals surface area contributed by atoms with Gasteiger partial charge in [0, 0.05) is 40.0 Å². The molecule has 36 heavy (non-hydrogen) atoms. The molecule has 0 radical (unpaired) electrons. The lowest BCUT2D eigenvalue weighted by Gasteiger charge is -2.12. The van der Waals surface area contributed by atoms with E-state index in [1.165, 1.54) is 17.5 Å². The third-order valence-electron chi connectivity index (χ3n) is 5.86. The average Bonchev–Trinajstić information content (AvgIpc) is 3.15. The first-order chi connectivity index (χ1) is 17.2. The summed E-state index contributed by atoms with van der Waals surface area (Å²) in [6.45, 7) is 8.79. The molecule has 0 amide bonds. The van der Waals surface area contributed by atoms with Gasteiger partial charge in [0.05, 0.1) is 5.56 Å². The molecular formula is C31H33F3N2. The molecule has 0 saturated heterocycles. The number of nitrogens with one attached hydrogen (secondary N) is 1. The van der Waals surface area contributed by atoms with Gasteiger partial charge in [-0.05, 0) is 49.9 Å². The number of aryl methyl sites for hydroxylation is 1. The van der Waals surface area contributed by atoms with Crippen molar-refractivity contribution >= 4 is 28.3 Å². The lowest BCUT2D eigenvalue weighted by atomic mass is 9.99. The minimum Gasteiger partial charge on any atom is -0.358 e. The summed E-state index contributed by atoms with van der Waals surface area (Å²) in [5, 5.41) is 1.18. The van der Waals surface area contributed by atoms with E-state index in [4.69, 9.17) is 0 Å². The molecule has 0 saturated carbocycles. The molecule has 0 aliphatic heterocycles. The number of nitrogens with zero attached hydrogens (tertiary/aromatic N) is 1. The number of allylic oxidation sites excluding steroid dienone is 7. The van der Waals surface area contributed by atoms with Crippen LogP contribution < -0.4 is 0 Å². The lowest BCUT2D eigenvalue weighted by molar-refractivity contribution is -0.137. The zero-order valence-corrected chi connectivity index (χ0v) is 21.2. The number of fused-ring (bicyclic) bond motifs is 1. The van der Waals surface area contributed by atoms with Gasteiger partial charge in [0.2, 0.25) is 0 Å². The molecule has 3 rings (SSSR count). The number of aromatic amines is 1. The number of halogens is 3. The number of aromatic nitrogens is 1. The van der Waals surface area contributed by atoms with Crippen molar-refractivity contribution in [2.45, 2.75) is 40.3 Å². The van der Waals surface area contributed by atoms with E-state index in [1.54, 1.807) is 6.07 Å². The van der Waals surface area contributed by atoms with Crippen molar-refractivity contribution in [2.75, 3.05) is 6.54 Å². The highest BCUT2D eigenvalue weighted by Gasteiger charge is 2.30. The molecule has 1 aromatic heterocycles. The molecule has 188 valence electrons. The van der Waals surface area contributed by atoms with Gasteiger partial charge in [-0.3, -0.25) is 4.99 Å². The molecule has 2 nitrogen and oxygen atoms in total. The normalized spacial score (nSPS) is 13.9. The van der Waals surface area contributed by atoms with Gasteiger partial charge in [-0.2, -0.15) is 13.2 Å². The average molecular weight is 491 g/mol. The predicted molar refractivity (Wildman–Crippen MR) is 147 cm³/mol. The van der Waals surface area contributed by atoms with Crippen LogP contribution >= 0.6 is 0 Å². The summed E-state index contributed by atoms with van der Waals surface area (Å²) >= 11 is 0. The molecule has 1 N–H and O–H groups in total. The second-order valence-electron chi connectivity index (χ2n) is 9.15. The van der Waals surface area contributed by atoms with E-state index in [9.17, 15) is 13.2 Å². The van der Waals surface area contributed by atoms with Crippen LogP contribution in [0.25, 0.3) is 22.6 Å². The second kappa shape index (κ2) is 12.4. The molecule has 2 aromatic carbocycles. The predicted octanol–water partition coefficient (Wildman–Crippen LogP) is 9.21. The quantitative estimate of drug-likeness (QED) is 0.229. The Morgan fingerprint density at radius 2 is 1.69 bits per heavy atom. The minimum atomic E-state index is -4.39. The highest BCUT2D eigenvalue weighted by molar-refractivity contribution is 6.23. The molecule has 5 heteroatoms. The van der Waals surface area contributed by atoms with Crippen LogP contribution in [0.4, 0.5) is 13.2 Å². The first-order valence-corrected chi connectivity index (χ1v) is 12.1. The maximum atomic E-state index is 13.3. The number of aliphatic imine (C=N–C) groups is 1. The summed E-state index contributed by atoms with van der Waals surface area (Å²) in [4.78, 5) is 8.01. The van der Waals surface area contributed by atoms with E-state index < -0.39 is 11.7 Å². The third kappa shape index (κ3) is 7.45. The Morgan fingerprint density at radius 3 is 2.44 bits per heavy atom. The zero-order chi connectivity index (χ0) is 26.1. The van der Waals surface area contributed by atoms with Gasteiger partial charge in [-0.1, -0.05) is 86.7 Å². The Kier molecular flexibility index (Phi) is 9.29. The van der Waals surface area contributed by atoms with Crippen molar-refractivity contribution < 1.29 is 13.2 Å². The van der Waals surface area contributed by atoms with Gasteiger partial charge < -0.3 is 4.98 Å². The smallest absolute Gasteiger partial charge is 0.358 e. The minimum absolute atomic E-state index is 0.499. The van der Waals surface area contributed by atoms with Crippen LogP contribution in [0.15, 0.2) is 90.0 Å². The number of para-hydroxylation sites is 1. The maximum Gasteiger partial charge on any atom is 0.416 e. The first kappa shape index (κ1) is 27.0. The molecule has 1 heterocycles. The molecule has 0 fully saturated rings. The van der Waals surface area contributed by atoms with E-state index in [0.29, 0.717) is 23.6 Å². The summed E-state index contributed by atoms with van der Waals surface area (Å²) in [6, 6.07) is 13.6. The Bertz CT molecular complexity index is 1320. The van der Waals surface area contributed by atoms with Gasteiger partial charge in [0.15, 0.2) is 0 Å².